The number of nitrogens with zero attached hydrogens (tertiary/aromatic N) is 3. The van der Waals surface area contributed by atoms with Gasteiger partial charge in [0.05, 0.1) is 22.1 Å². The molecule has 243 valence electrons. The summed E-state index contributed by atoms with van der Waals surface area (Å²) in [5, 5.41) is 4.98. The minimum Gasteiger partial charge on any atom is -0.309 e. The molecule has 0 saturated heterocycles. The van der Waals surface area contributed by atoms with Crippen LogP contribution in [0.15, 0.2) is 182 Å². The van der Waals surface area contributed by atoms with Gasteiger partial charge < -0.3 is 14.1 Å². The van der Waals surface area contributed by atoms with Gasteiger partial charge in [0.1, 0.15) is 0 Å². The van der Waals surface area contributed by atoms with Gasteiger partial charge in [0.2, 0.25) is 0 Å². The molecule has 0 saturated carbocycles. The van der Waals surface area contributed by atoms with E-state index in [-0.39, 0.29) is 20.1 Å². The van der Waals surface area contributed by atoms with Gasteiger partial charge in [-0.2, -0.15) is 0 Å². The molecule has 0 bridgehead atoms. The van der Waals surface area contributed by atoms with Crippen molar-refractivity contribution in [3.63, 3.8) is 0 Å². The minimum atomic E-state index is 0. The van der Waals surface area contributed by atoms with E-state index < -0.39 is 0 Å². The first-order valence-corrected chi connectivity index (χ1v) is 17.0. The number of hydrogen-bond donors (Lipinski definition) is 0. The van der Waals surface area contributed by atoms with E-state index in [1.807, 2.05) is 30.5 Å². The maximum absolute atomic E-state index is 4.54. The van der Waals surface area contributed by atoms with Gasteiger partial charge in [-0.05, 0) is 89.1 Å². The van der Waals surface area contributed by atoms with Gasteiger partial charge in [-0.15, -0.1) is 35.4 Å². The predicted octanol–water partition coefficient (Wildman–Crippen LogP) is 12.1. The van der Waals surface area contributed by atoms with Gasteiger partial charge in [0, 0.05) is 59.2 Å². The Morgan fingerprint density at radius 2 is 0.980 bits per heavy atom. The number of aromatic nitrogens is 3. The first kappa shape index (κ1) is 31.0. The fraction of sp³-hybridized carbons (Fsp3) is 0. The summed E-state index contributed by atoms with van der Waals surface area (Å²) in [5.41, 5.74) is 13.7. The second-order valence-corrected chi connectivity index (χ2v) is 12.8. The maximum atomic E-state index is 4.54. The molecule has 10 rings (SSSR count). The van der Waals surface area contributed by atoms with E-state index in [2.05, 4.69) is 172 Å². The number of pyridine rings is 1. The molecule has 4 heteroatoms. The fourth-order valence-corrected chi connectivity index (χ4v) is 7.57. The van der Waals surface area contributed by atoms with Crippen LogP contribution in [0.4, 0.5) is 0 Å². The van der Waals surface area contributed by atoms with Gasteiger partial charge in [-0.25, -0.2) is 0 Å². The van der Waals surface area contributed by atoms with Crippen LogP contribution in [0.5, 0.6) is 0 Å². The molecular weight excluding hydrogens is 799 g/mol. The summed E-state index contributed by atoms with van der Waals surface area (Å²) in [5.74, 6) is 0. The molecule has 51 heavy (non-hydrogen) atoms. The smallest absolute Gasteiger partial charge is 0.0562 e. The zero-order valence-electron chi connectivity index (χ0n) is 27.5. The zero-order chi connectivity index (χ0) is 33.0. The third-order valence-corrected chi connectivity index (χ3v) is 9.86. The average Bonchev–Trinajstić information content (AvgIpc) is 3.69. The number of rotatable bonds is 5. The molecule has 7 aromatic carbocycles. The second-order valence-electron chi connectivity index (χ2n) is 12.8. The topological polar surface area (TPSA) is 22.8 Å². The number of para-hydroxylation sites is 3. The molecular formula is C47H30IrN3-. The Balaban J connectivity index is 0.00000348. The van der Waals surface area contributed by atoms with Gasteiger partial charge in [-0.3, -0.25) is 0 Å². The molecule has 0 fully saturated rings. The van der Waals surface area contributed by atoms with E-state index in [1.54, 1.807) is 0 Å². The molecule has 0 aliphatic carbocycles. The van der Waals surface area contributed by atoms with E-state index in [0.29, 0.717) is 0 Å². The predicted molar refractivity (Wildman–Crippen MR) is 208 cm³/mol. The van der Waals surface area contributed by atoms with Crippen molar-refractivity contribution in [1.82, 2.24) is 14.1 Å². The van der Waals surface area contributed by atoms with E-state index in [4.69, 9.17) is 0 Å². The summed E-state index contributed by atoms with van der Waals surface area (Å²) < 4.78 is 4.81. The summed E-state index contributed by atoms with van der Waals surface area (Å²) in [4.78, 5) is 4.54. The van der Waals surface area contributed by atoms with Crippen molar-refractivity contribution in [2.75, 3.05) is 0 Å². The Bertz CT molecular complexity index is 2850. The van der Waals surface area contributed by atoms with E-state index in [0.717, 1.165) is 33.8 Å². The summed E-state index contributed by atoms with van der Waals surface area (Å²) in [6.07, 6.45) is 1.83. The number of fused-ring (bicyclic) bond motifs is 6. The summed E-state index contributed by atoms with van der Waals surface area (Å²) >= 11 is 0. The minimum absolute atomic E-state index is 0. The molecule has 0 amide bonds. The molecule has 0 aliphatic rings. The van der Waals surface area contributed by atoms with Gasteiger partial charge in [-0.1, -0.05) is 91.0 Å². The third-order valence-electron chi connectivity index (χ3n) is 9.86. The Kier molecular flexibility index (Phi) is 7.70. The van der Waals surface area contributed by atoms with Gasteiger partial charge in [0.15, 0.2) is 0 Å². The van der Waals surface area contributed by atoms with Crippen molar-refractivity contribution in [2.24, 2.45) is 0 Å². The normalized spacial score (nSPS) is 11.4. The van der Waals surface area contributed by atoms with Crippen molar-refractivity contribution in [2.45, 2.75) is 0 Å². The van der Waals surface area contributed by atoms with Gasteiger partial charge >= 0.3 is 0 Å². The molecule has 3 nitrogen and oxygen atoms in total. The van der Waals surface area contributed by atoms with E-state index >= 15 is 0 Å². The van der Waals surface area contributed by atoms with Crippen LogP contribution in [0.25, 0.3) is 88.5 Å². The summed E-state index contributed by atoms with van der Waals surface area (Å²) in [7, 11) is 0. The molecule has 0 aliphatic heterocycles. The molecule has 0 spiro atoms. The molecule has 3 aromatic heterocycles. The number of hydrogen-bond acceptors (Lipinski definition) is 1. The first-order chi connectivity index (χ1) is 24.8. The monoisotopic (exact) mass is 829 g/mol. The van der Waals surface area contributed by atoms with E-state index in [9.17, 15) is 0 Å². The fourth-order valence-electron chi connectivity index (χ4n) is 7.57. The van der Waals surface area contributed by atoms with Crippen molar-refractivity contribution >= 4 is 43.6 Å². The summed E-state index contributed by atoms with van der Waals surface area (Å²) in [6, 6.07) is 66.3. The number of benzene rings is 7. The third kappa shape index (κ3) is 5.20. The van der Waals surface area contributed by atoms with Crippen LogP contribution in [0.1, 0.15) is 0 Å². The van der Waals surface area contributed by atoms with Crippen LogP contribution >= 0.6 is 0 Å². The Labute approximate surface area is 309 Å². The SMILES string of the molecule is [Ir].[c-]1ccc(-c2cccc(-c3ccc4c(c3)c3cc5c6ccccc6n(-c6ccccc6)c5cc3n4-c3ccccc3)c2)cc1-c1ccccn1. The quantitative estimate of drug-likeness (QED) is 0.159. The van der Waals surface area contributed by atoms with Crippen molar-refractivity contribution in [1.29, 1.82) is 0 Å². The van der Waals surface area contributed by atoms with Crippen LogP contribution in [0.3, 0.4) is 0 Å². The largest absolute Gasteiger partial charge is 0.309 e. The van der Waals surface area contributed by atoms with Crippen LogP contribution < -0.4 is 0 Å². The zero-order valence-corrected chi connectivity index (χ0v) is 29.9. The van der Waals surface area contributed by atoms with Gasteiger partial charge in [0.25, 0.3) is 0 Å². The van der Waals surface area contributed by atoms with Crippen LogP contribution in [0, 0.1) is 6.07 Å². The van der Waals surface area contributed by atoms with Crippen LogP contribution in [-0.2, 0) is 20.1 Å². The van der Waals surface area contributed by atoms with Crippen LogP contribution in [-0.4, -0.2) is 14.1 Å². The van der Waals surface area contributed by atoms with Crippen LogP contribution in [0.2, 0.25) is 0 Å². The Morgan fingerprint density at radius 1 is 0.392 bits per heavy atom. The molecule has 10 aromatic rings. The molecule has 0 unspecified atom stereocenters. The molecule has 3 heterocycles. The van der Waals surface area contributed by atoms with Crippen molar-refractivity contribution in [3.8, 4) is 44.9 Å². The summed E-state index contributed by atoms with van der Waals surface area (Å²) in [6.45, 7) is 0. The average molecular weight is 829 g/mol. The Hall–Kier alpha value is -6.06. The Morgan fingerprint density at radius 3 is 1.69 bits per heavy atom. The molecule has 0 N–H and O–H groups in total. The molecule has 0 atom stereocenters. The van der Waals surface area contributed by atoms with Crippen molar-refractivity contribution in [3.05, 3.63) is 188 Å². The van der Waals surface area contributed by atoms with E-state index in [1.165, 1.54) is 54.7 Å². The van der Waals surface area contributed by atoms with Crippen molar-refractivity contribution < 1.29 is 20.1 Å². The maximum Gasteiger partial charge on any atom is 0.0562 e. The first-order valence-electron chi connectivity index (χ1n) is 17.0. The molecule has 1 radical (unpaired) electrons. The standard InChI is InChI=1S/C47H30N3.Ir/c1-3-17-37(18-4-1)49-44-23-8-7-21-39(44)41-30-42-40-29-35(24-25-45(40)50(47(42)31-46(41)49)38-19-5-2-6-20-38)33-14-11-13-32(27-33)34-15-12-16-36(28-34)43-22-9-10-26-48-43;/h1-15,17-31H;/q-1;. The second kappa shape index (κ2) is 12.7.